The molecule has 2 N–H and O–H groups in total. The van der Waals surface area contributed by atoms with Crippen LogP contribution in [0.5, 0.6) is 11.5 Å². The fourth-order valence-corrected chi connectivity index (χ4v) is 4.68. The number of aromatic hydroxyl groups is 1. The van der Waals surface area contributed by atoms with Crippen LogP contribution in [-0.2, 0) is 14.3 Å². The summed E-state index contributed by atoms with van der Waals surface area (Å²) in [6, 6.07) is 14.8. The molecular formula is C30H29NO7. The Morgan fingerprint density at radius 2 is 1.74 bits per heavy atom. The molecule has 38 heavy (non-hydrogen) atoms. The number of amides is 1. The van der Waals surface area contributed by atoms with Gasteiger partial charge in [0, 0.05) is 5.69 Å². The average Bonchev–Trinajstić information content (AvgIpc) is 3.17. The number of carbonyl (C=O) groups is 3. The van der Waals surface area contributed by atoms with Crippen LogP contribution < -0.4 is 9.64 Å². The first-order valence-corrected chi connectivity index (χ1v) is 12.2. The first-order chi connectivity index (χ1) is 18.2. The Morgan fingerprint density at radius 1 is 1.03 bits per heavy atom. The van der Waals surface area contributed by atoms with E-state index in [2.05, 4.69) is 0 Å². The molecule has 3 aromatic carbocycles. The molecule has 3 aromatic rings. The second-order valence-corrected chi connectivity index (χ2v) is 9.11. The molecule has 1 aliphatic heterocycles. The monoisotopic (exact) mass is 515 g/mol. The van der Waals surface area contributed by atoms with Gasteiger partial charge in [-0.3, -0.25) is 14.5 Å². The van der Waals surface area contributed by atoms with Crippen molar-refractivity contribution in [3.8, 4) is 11.5 Å². The van der Waals surface area contributed by atoms with E-state index in [4.69, 9.17) is 9.47 Å². The Morgan fingerprint density at radius 3 is 2.39 bits per heavy atom. The van der Waals surface area contributed by atoms with Crippen molar-refractivity contribution in [2.24, 2.45) is 0 Å². The number of phenolic OH excluding ortho intramolecular Hbond substituents is 1. The molecule has 8 nitrogen and oxygen atoms in total. The maximum absolute atomic E-state index is 13.5. The lowest BCUT2D eigenvalue weighted by Crippen LogP contribution is -2.29. The predicted octanol–water partition coefficient (Wildman–Crippen LogP) is 5.21. The normalized spacial score (nSPS) is 16.5. The second-order valence-electron chi connectivity index (χ2n) is 9.11. The SMILES string of the molecule is CCCOC(=O)c1cccc(N2C(=O)C(=O)/C(=C(/O)c3cc(C)cc(C)c3OC)C2c2ccc(O)cc2)c1. The summed E-state index contributed by atoms with van der Waals surface area (Å²) in [6.07, 6.45) is 0.656. The Balaban J connectivity index is 1.94. The lowest BCUT2D eigenvalue weighted by Gasteiger charge is -2.26. The number of ether oxygens (including phenoxy) is 2. The summed E-state index contributed by atoms with van der Waals surface area (Å²) in [5.74, 6) is -2.31. The first kappa shape index (κ1) is 26.5. The number of aliphatic hydroxyl groups excluding tert-OH is 1. The number of carbonyl (C=O) groups excluding carboxylic acids is 3. The second kappa shape index (κ2) is 10.8. The molecule has 0 saturated carbocycles. The maximum Gasteiger partial charge on any atom is 0.338 e. The van der Waals surface area contributed by atoms with Crippen molar-refractivity contribution in [1.82, 2.24) is 0 Å². The highest BCUT2D eigenvalue weighted by Crippen LogP contribution is 2.44. The minimum absolute atomic E-state index is 0.00217. The van der Waals surface area contributed by atoms with Gasteiger partial charge in [-0.25, -0.2) is 4.79 Å². The molecule has 0 radical (unpaired) electrons. The molecule has 1 unspecified atom stereocenters. The Labute approximate surface area is 220 Å². The lowest BCUT2D eigenvalue weighted by molar-refractivity contribution is -0.132. The number of hydrogen-bond acceptors (Lipinski definition) is 7. The van der Waals surface area contributed by atoms with Gasteiger partial charge in [0.1, 0.15) is 17.3 Å². The standard InChI is InChI=1S/C30H29NO7/c1-5-13-38-30(36)20-7-6-8-21(16-20)31-25(19-9-11-22(32)12-10-19)24(27(34)29(31)35)26(33)23-15-17(2)14-18(3)28(23)37-4/h6-12,14-16,25,32-33H,5,13H2,1-4H3/b26-24+. The molecule has 1 heterocycles. The fourth-order valence-electron chi connectivity index (χ4n) is 4.68. The van der Waals surface area contributed by atoms with Crippen LogP contribution in [0.4, 0.5) is 5.69 Å². The summed E-state index contributed by atoms with van der Waals surface area (Å²) in [5, 5.41) is 21.4. The molecule has 1 saturated heterocycles. The van der Waals surface area contributed by atoms with Crippen molar-refractivity contribution in [2.45, 2.75) is 33.2 Å². The number of rotatable bonds is 7. The van der Waals surface area contributed by atoms with Gasteiger partial charge in [0.2, 0.25) is 0 Å². The molecule has 1 aliphatic rings. The van der Waals surface area contributed by atoms with E-state index in [0.29, 0.717) is 17.7 Å². The van der Waals surface area contributed by atoms with Crippen molar-refractivity contribution in [2.75, 3.05) is 18.6 Å². The van der Waals surface area contributed by atoms with E-state index in [0.717, 1.165) is 11.1 Å². The number of nitrogens with zero attached hydrogens (tertiary/aromatic N) is 1. The summed E-state index contributed by atoms with van der Waals surface area (Å²) in [6.45, 7) is 5.80. The van der Waals surface area contributed by atoms with Gasteiger partial charge in [0.05, 0.1) is 36.5 Å². The minimum atomic E-state index is -1.04. The van der Waals surface area contributed by atoms with Gasteiger partial charge in [-0.15, -0.1) is 0 Å². The van der Waals surface area contributed by atoms with Crippen molar-refractivity contribution in [3.63, 3.8) is 0 Å². The molecule has 1 fully saturated rings. The third kappa shape index (κ3) is 4.85. The van der Waals surface area contributed by atoms with Crippen LogP contribution in [0, 0.1) is 13.8 Å². The summed E-state index contributed by atoms with van der Waals surface area (Å²) in [7, 11) is 1.47. The molecule has 8 heteroatoms. The number of aliphatic hydroxyl groups is 1. The van der Waals surface area contributed by atoms with E-state index >= 15 is 0 Å². The van der Waals surface area contributed by atoms with E-state index in [1.165, 1.54) is 30.2 Å². The molecule has 0 spiro atoms. The Kier molecular flexibility index (Phi) is 7.52. The van der Waals surface area contributed by atoms with Gasteiger partial charge in [0.15, 0.2) is 0 Å². The number of aryl methyl sites for hydroxylation is 2. The molecule has 196 valence electrons. The highest BCUT2D eigenvalue weighted by molar-refractivity contribution is 6.51. The van der Waals surface area contributed by atoms with Crippen LogP contribution in [-0.4, -0.2) is 41.6 Å². The van der Waals surface area contributed by atoms with E-state index in [9.17, 15) is 24.6 Å². The first-order valence-electron chi connectivity index (χ1n) is 12.2. The van der Waals surface area contributed by atoms with Gasteiger partial charge in [-0.2, -0.15) is 0 Å². The molecule has 0 aliphatic carbocycles. The minimum Gasteiger partial charge on any atom is -0.508 e. The number of phenols is 1. The van der Waals surface area contributed by atoms with Gasteiger partial charge < -0.3 is 19.7 Å². The number of benzene rings is 3. The van der Waals surface area contributed by atoms with E-state index < -0.39 is 23.7 Å². The van der Waals surface area contributed by atoms with E-state index in [-0.39, 0.29) is 40.5 Å². The number of hydrogen-bond donors (Lipinski definition) is 2. The molecule has 0 aromatic heterocycles. The van der Waals surface area contributed by atoms with Gasteiger partial charge in [-0.05, 0) is 73.4 Å². The largest absolute Gasteiger partial charge is 0.508 e. The van der Waals surface area contributed by atoms with Crippen LogP contribution in [0.25, 0.3) is 5.76 Å². The Bertz CT molecular complexity index is 1440. The molecule has 4 rings (SSSR count). The lowest BCUT2D eigenvalue weighted by atomic mass is 9.93. The van der Waals surface area contributed by atoms with Crippen molar-refractivity contribution in [3.05, 3.63) is 94.1 Å². The summed E-state index contributed by atoms with van der Waals surface area (Å²) in [4.78, 5) is 40.7. The van der Waals surface area contributed by atoms with Crippen molar-refractivity contribution >= 4 is 29.1 Å². The smallest absolute Gasteiger partial charge is 0.338 e. The summed E-state index contributed by atoms with van der Waals surface area (Å²) < 4.78 is 10.8. The highest BCUT2D eigenvalue weighted by Gasteiger charge is 2.47. The topological polar surface area (TPSA) is 113 Å². The van der Waals surface area contributed by atoms with Gasteiger partial charge in [0.25, 0.3) is 11.7 Å². The highest BCUT2D eigenvalue weighted by atomic mass is 16.5. The van der Waals surface area contributed by atoms with Crippen LogP contribution in [0.1, 0.15) is 52.0 Å². The average molecular weight is 516 g/mol. The van der Waals surface area contributed by atoms with E-state index in [1.807, 2.05) is 26.8 Å². The quantitative estimate of drug-likeness (QED) is 0.192. The number of ketones is 1. The number of esters is 1. The van der Waals surface area contributed by atoms with Crippen LogP contribution in [0.15, 0.2) is 66.2 Å². The zero-order valence-electron chi connectivity index (χ0n) is 21.6. The zero-order chi connectivity index (χ0) is 27.6. The third-order valence-electron chi connectivity index (χ3n) is 6.33. The molecule has 0 bridgehead atoms. The van der Waals surface area contributed by atoms with E-state index in [1.54, 1.807) is 36.4 Å². The fraction of sp³-hybridized carbons (Fsp3) is 0.233. The number of methoxy groups -OCH3 is 1. The summed E-state index contributed by atoms with van der Waals surface area (Å²) in [5.41, 5.74) is 2.71. The van der Waals surface area contributed by atoms with Crippen molar-refractivity contribution in [1.29, 1.82) is 0 Å². The number of anilines is 1. The van der Waals surface area contributed by atoms with Crippen LogP contribution in [0.3, 0.4) is 0 Å². The number of Topliss-reactive ketones (excluding diaryl/α,β-unsaturated/α-hetero) is 1. The maximum atomic E-state index is 13.5. The molecule has 1 amide bonds. The third-order valence-corrected chi connectivity index (χ3v) is 6.33. The summed E-state index contributed by atoms with van der Waals surface area (Å²) >= 11 is 0. The van der Waals surface area contributed by atoms with Gasteiger partial charge >= 0.3 is 5.97 Å². The predicted molar refractivity (Wildman–Crippen MR) is 142 cm³/mol. The van der Waals surface area contributed by atoms with Crippen LogP contribution in [0.2, 0.25) is 0 Å². The molecular weight excluding hydrogens is 486 g/mol. The zero-order valence-corrected chi connectivity index (χ0v) is 21.6. The Hall–Kier alpha value is -4.59. The van der Waals surface area contributed by atoms with Gasteiger partial charge in [-0.1, -0.05) is 31.2 Å². The van der Waals surface area contributed by atoms with Crippen LogP contribution >= 0.6 is 0 Å². The van der Waals surface area contributed by atoms with Crippen molar-refractivity contribution < 1.29 is 34.1 Å². The molecule has 1 atom stereocenters.